The lowest BCUT2D eigenvalue weighted by Crippen LogP contribution is -2.19. The first-order chi connectivity index (χ1) is 16.0. The van der Waals surface area contributed by atoms with Gasteiger partial charge in [0.2, 0.25) is 0 Å². The van der Waals surface area contributed by atoms with E-state index in [1.54, 1.807) is 0 Å². The third-order valence-corrected chi connectivity index (χ3v) is 7.67. The Balaban J connectivity index is 1.96. The molecule has 0 N–H and O–H groups in total. The van der Waals surface area contributed by atoms with E-state index >= 15 is 0 Å². The number of halogens is 2. The third-order valence-electron chi connectivity index (χ3n) is 5.79. The van der Waals surface area contributed by atoms with Gasteiger partial charge in [0, 0.05) is 18.3 Å². The zero-order valence-electron chi connectivity index (χ0n) is 20.8. The van der Waals surface area contributed by atoms with Gasteiger partial charge in [-0.05, 0) is 91.4 Å². The molecule has 0 fully saturated rings. The third kappa shape index (κ3) is 7.12. The molecule has 0 aliphatic rings. The van der Waals surface area contributed by atoms with E-state index in [0.29, 0.717) is 0 Å². The number of benzene rings is 3. The molecule has 2 unspecified atom stereocenters. The average Bonchev–Trinajstić information content (AvgIpc) is 2.75. The summed E-state index contributed by atoms with van der Waals surface area (Å²) in [5.41, 5.74) is 4.75. The Morgan fingerprint density at radius 1 is 0.529 bits per heavy atom. The highest BCUT2D eigenvalue weighted by atomic mass is 127. The Kier molecular flexibility index (Phi) is 8.93. The van der Waals surface area contributed by atoms with Crippen molar-refractivity contribution in [1.29, 1.82) is 0 Å². The highest BCUT2D eigenvalue weighted by Crippen LogP contribution is 2.38. The highest BCUT2D eigenvalue weighted by Gasteiger charge is 2.27. The van der Waals surface area contributed by atoms with E-state index in [9.17, 15) is 0 Å². The highest BCUT2D eigenvalue weighted by molar-refractivity contribution is 14.1. The molecule has 0 aliphatic carbocycles. The van der Waals surface area contributed by atoms with E-state index in [4.69, 9.17) is 0 Å². The van der Waals surface area contributed by atoms with Crippen LogP contribution in [0.4, 0.5) is 0 Å². The van der Waals surface area contributed by atoms with Gasteiger partial charge < -0.3 is 0 Å². The van der Waals surface area contributed by atoms with Crippen LogP contribution in [0, 0.1) is 41.7 Å². The maximum atomic E-state index is 3.58. The lowest BCUT2D eigenvalue weighted by molar-refractivity contribution is 0.371. The van der Waals surface area contributed by atoms with E-state index in [-0.39, 0.29) is 22.7 Å². The molecule has 34 heavy (non-hydrogen) atoms. The molecule has 0 aliphatic heterocycles. The fraction of sp³-hybridized carbons (Fsp3) is 0.312. The smallest absolute Gasteiger partial charge is 0.0504 e. The molecule has 0 spiro atoms. The number of rotatable bonds is 2. The van der Waals surface area contributed by atoms with Gasteiger partial charge in [-0.1, -0.05) is 114 Å². The van der Waals surface area contributed by atoms with Crippen molar-refractivity contribution < 1.29 is 0 Å². The molecule has 0 bridgehead atoms. The molecule has 0 nitrogen and oxygen atoms in total. The zero-order chi connectivity index (χ0) is 24.9. The van der Waals surface area contributed by atoms with Gasteiger partial charge in [0.15, 0.2) is 0 Å². The largest absolute Gasteiger partial charge is 0.0891 e. The first-order valence-electron chi connectivity index (χ1n) is 11.6. The fourth-order valence-corrected chi connectivity index (χ4v) is 4.95. The maximum absolute atomic E-state index is 3.58. The van der Waals surface area contributed by atoms with Gasteiger partial charge in [0.25, 0.3) is 0 Å². The van der Waals surface area contributed by atoms with Crippen LogP contribution >= 0.6 is 45.2 Å². The van der Waals surface area contributed by atoms with Crippen molar-refractivity contribution in [2.24, 2.45) is 10.8 Å². The predicted molar refractivity (Wildman–Crippen MR) is 163 cm³/mol. The predicted octanol–water partition coefficient (Wildman–Crippen LogP) is 9.26. The summed E-state index contributed by atoms with van der Waals surface area (Å²) in [5, 5.41) is 0. The number of hydrogen-bond acceptors (Lipinski definition) is 0. The lowest BCUT2D eigenvalue weighted by atomic mass is 9.74. The van der Waals surface area contributed by atoms with Crippen LogP contribution < -0.4 is 0 Å². The van der Waals surface area contributed by atoms with Crippen molar-refractivity contribution in [2.45, 2.75) is 53.4 Å². The minimum Gasteiger partial charge on any atom is -0.0891 e. The minimum absolute atomic E-state index is 0.0297. The molecular formula is C32H32I2. The molecule has 0 aromatic heterocycles. The molecule has 0 saturated heterocycles. The van der Waals surface area contributed by atoms with Crippen LogP contribution in [0.2, 0.25) is 0 Å². The van der Waals surface area contributed by atoms with Gasteiger partial charge in [-0.25, -0.2) is 0 Å². The molecule has 0 heterocycles. The first-order valence-corrected chi connectivity index (χ1v) is 13.7. The van der Waals surface area contributed by atoms with Crippen molar-refractivity contribution in [3.63, 3.8) is 0 Å². The molecule has 174 valence electrons. The second-order valence-electron chi connectivity index (χ2n) is 10.8. The summed E-state index contributed by atoms with van der Waals surface area (Å²) >= 11 is 4.72. The molecule has 2 atom stereocenters. The molecule has 0 saturated carbocycles. The molecule has 0 radical (unpaired) electrons. The quantitative estimate of drug-likeness (QED) is 0.189. The van der Waals surface area contributed by atoms with Crippen LogP contribution in [0.25, 0.3) is 0 Å². The Labute approximate surface area is 233 Å². The SMILES string of the molecule is CC(C)(C)C(C#Cc1ccccc1I)c1ccc(C(C#Cc2ccccc2I)C(C)(C)C)cc1. The Bertz CT molecular complexity index is 1150. The molecular weight excluding hydrogens is 638 g/mol. The fourth-order valence-electron chi connectivity index (χ4n) is 3.91. The van der Waals surface area contributed by atoms with Crippen molar-refractivity contribution in [1.82, 2.24) is 0 Å². The molecule has 0 amide bonds. The van der Waals surface area contributed by atoms with Gasteiger partial charge >= 0.3 is 0 Å². The summed E-state index contributed by atoms with van der Waals surface area (Å²) in [6, 6.07) is 25.6. The van der Waals surface area contributed by atoms with Crippen LogP contribution in [0.5, 0.6) is 0 Å². The molecule has 2 heteroatoms. The van der Waals surface area contributed by atoms with Gasteiger partial charge in [-0.2, -0.15) is 0 Å². The van der Waals surface area contributed by atoms with Crippen LogP contribution in [0.1, 0.15) is 75.6 Å². The van der Waals surface area contributed by atoms with Gasteiger partial charge in [0.1, 0.15) is 0 Å². The van der Waals surface area contributed by atoms with Crippen LogP contribution in [-0.2, 0) is 0 Å². The van der Waals surface area contributed by atoms with Gasteiger partial charge in [0.05, 0.1) is 11.8 Å². The Morgan fingerprint density at radius 3 is 1.15 bits per heavy atom. The summed E-state index contributed by atoms with van der Waals surface area (Å²) in [4.78, 5) is 0. The van der Waals surface area contributed by atoms with Crippen molar-refractivity contribution >= 4 is 45.2 Å². The zero-order valence-corrected chi connectivity index (χ0v) is 25.2. The Hall–Kier alpha value is -1.76. The molecule has 3 rings (SSSR count). The topological polar surface area (TPSA) is 0 Å². The van der Waals surface area contributed by atoms with E-state index < -0.39 is 0 Å². The lowest BCUT2D eigenvalue weighted by Gasteiger charge is -2.29. The summed E-state index contributed by atoms with van der Waals surface area (Å²) < 4.78 is 2.38. The standard InChI is InChI=1S/C32H32I2/c1-31(2,3)27(21-19-25-11-7-9-13-29(25)33)23-15-17-24(18-16-23)28(32(4,5)6)22-20-26-12-8-10-14-30(26)34/h7-18,27-28H,1-6H3. The van der Waals surface area contributed by atoms with E-state index in [0.717, 1.165) is 11.1 Å². The summed E-state index contributed by atoms with van der Waals surface area (Å²) in [6.45, 7) is 13.6. The van der Waals surface area contributed by atoms with Crippen LogP contribution in [-0.4, -0.2) is 0 Å². The second-order valence-corrected chi connectivity index (χ2v) is 13.1. The van der Waals surface area contributed by atoms with Crippen molar-refractivity contribution in [2.75, 3.05) is 0 Å². The molecule has 3 aromatic carbocycles. The van der Waals surface area contributed by atoms with Crippen molar-refractivity contribution in [3.05, 3.63) is 102 Å². The van der Waals surface area contributed by atoms with Crippen LogP contribution in [0.3, 0.4) is 0 Å². The number of hydrogen-bond donors (Lipinski definition) is 0. The van der Waals surface area contributed by atoms with E-state index in [1.807, 2.05) is 0 Å². The normalized spacial score (nSPS) is 13.2. The van der Waals surface area contributed by atoms with E-state index in [1.165, 1.54) is 18.3 Å². The Morgan fingerprint density at radius 2 is 0.853 bits per heavy atom. The minimum atomic E-state index is 0.0297. The summed E-state index contributed by atoms with van der Waals surface area (Å²) in [7, 11) is 0. The first kappa shape index (κ1) is 26.8. The second kappa shape index (κ2) is 11.3. The average molecular weight is 670 g/mol. The van der Waals surface area contributed by atoms with Gasteiger partial charge in [-0.15, -0.1) is 0 Å². The molecule has 3 aromatic rings. The van der Waals surface area contributed by atoms with E-state index in [2.05, 4.69) is 183 Å². The van der Waals surface area contributed by atoms with Gasteiger partial charge in [-0.3, -0.25) is 0 Å². The summed E-state index contributed by atoms with van der Waals surface area (Å²) in [6.07, 6.45) is 0. The van der Waals surface area contributed by atoms with Crippen LogP contribution in [0.15, 0.2) is 72.8 Å². The summed E-state index contributed by atoms with van der Waals surface area (Å²) in [5.74, 6) is 14.3. The maximum Gasteiger partial charge on any atom is 0.0504 e. The van der Waals surface area contributed by atoms with Crippen molar-refractivity contribution in [3.8, 4) is 23.7 Å². The monoisotopic (exact) mass is 670 g/mol.